The third kappa shape index (κ3) is 7.87. The SMILES string of the molecule is C=C1c2scnc2C=CN1C(C)C.Cc1cc(C#N)ccc1C(C)C.Cc1cc(C)c(C(C)C)cc1F. The summed E-state index contributed by atoms with van der Waals surface area (Å²) in [7, 11) is 0. The number of benzene rings is 2. The highest BCUT2D eigenvalue weighted by molar-refractivity contribution is 7.11. The van der Waals surface area contributed by atoms with Crippen LogP contribution in [-0.2, 0) is 0 Å². The molecule has 0 N–H and O–H groups in total. The lowest BCUT2D eigenvalue weighted by Crippen LogP contribution is -2.24. The fraction of sp³-hybridized carbons (Fsp3) is 0.375. The van der Waals surface area contributed by atoms with Gasteiger partial charge in [-0.1, -0.05) is 46.4 Å². The van der Waals surface area contributed by atoms with Crippen molar-refractivity contribution in [2.45, 2.75) is 80.2 Å². The monoisotopic (exact) mass is 517 g/mol. The van der Waals surface area contributed by atoms with E-state index in [1.807, 2.05) is 42.8 Å². The molecule has 1 aliphatic rings. The maximum atomic E-state index is 13.1. The average Bonchev–Trinajstić information content (AvgIpc) is 3.31. The van der Waals surface area contributed by atoms with Gasteiger partial charge in [-0.3, -0.25) is 0 Å². The molecule has 0 aliphatic carbocycles. The predicted molar refractivity (Wildman–Crippen MR) is 157 cm³/mol. The second kappa shape index (κ2) is 13.4. The van der Waals surface area contributed by atoms with Gasteiger partial charge in [0.2, 0.25) is 0 Å². The molecule has 3 nitrogen and oxygen atoms in total. The molecule has 1 aromatic heterocycles. The van der Waals surface area contributed by atoms with Crippen LogP contribution in [0.4, 0.5) is 4.39 Å². The van der Waals surface area contributed by atoms with E-state index < -0.39 is 0 Å². The van der Waals surface area contributed by atoms with Crippen LogP contribution < -0.4 is 0 Å². The molecule has 2 aromatic carbocycles. The third-order valence-electron chi connectivity index (χ3n) is 6.31. The van der Waals surface area contributed by atoms with Crippen LogP contribution in [0.2, 0.25) is 0 Å². The number of hydrogen-bond donors (Lipinski definition) is 0. The molecule has 0 spiro atoms. The molecule has 0 unspecified atom stereocenters. The molecule has 5 heteroatoms. The quantitative estimate of drug-likeness (QED) is 0.347. The maximum absolute atomic E-state index is 13.1. The van der Waals surface area contributed by atoms with Crippen LogP contribution in [0.25, 0.3) is 11.8 Å². The van der Waals surface area contributed by atoms with Crippen LogP contribution in [0.5, 0.6) is 0 Å². The molecule has 2 heterocycles. The Morgan fingerprint density at radius 3 is 2.08 bits per heavy atom. The minimum absolute atomic E-state index is 0.0932. The topological polar surface area (TPSA) is 39.9 Å². The van der Waals surface area contributed by atoms with E-state index in [0.29, 0.717) is 17.9 Å². The van der Waals surface area contributed by atoms with Crippen molar-refractivity contribution >= 4 is 23.1 Å². The van der Waals surface area contributed by atoms with Crippen molar-refractivity contribution in [3.63, 3.8) is 0 Å². The number of nitriles is 1. The van der Waals surface area contributed by atoms with Crippen LogP contribution >= 0.6 is 11.3 Å². The van der Waals surface area contributed by atoms with Gasteiger partial charge in [0.25, 0.3) is 0 Å². The van der Waals surface area contributed by atoms with E-state index in [4.69, 9.17) is 5.26 Å². The molecule has 4 rings (SSSR count). The first-order chi connectivity index (χ1) is 17.4. The van der Waals surface area contributed by atoms with Crippen molar-refractivity contribution in [1.29, 1.82) is 5.26 Å². The second-order valence-electron chi connectivity index (χ2n) is 10.3. The number of thiazole rings is 1. The average molecular weight is 518 g/mol. The Bertz CT molecular complexity index is 1290. The smallest absolute Gasteiger partial charge is 0.126 e. The molecular formula is C32H40FN3S. The Hall–Kier alpha value is -3.23. The summed E-state index contributed by atoms with van der Waals surface area (Å²) in [5.74, 6) is 0.849. The molecular weight excluding hydrogens is 477 g/mol. The minimum Gasteiger partial charge on any atom is -0.345 e. The number of nitrogens with zero attached hydrogens (tertiary/aromatic N) is 3. The van der Waals surface area contributed by atoms with Crippen LogP contribution in [0.3, 0.4) is 0 Å². The molecule has 196 valence electrons. The zero-order valence-electron chi connectivity index (χ0n) is 23.7. The molecule has 1 aliphatic heterocycles. The van der Waals surface area contributed by atoms with Crippen molar-refractivity contribution in [3.05, 3.63) is 98.4 Å². The van der Waals surface area contributed by atoms with Gasteiger partial charge in [0.05, 0.1) is 33.4 Å². The van der Waals surface area contributed by atoms with Gasteiger partial charge in [-0.2, -0.15) is 5.26 Å². The van der Waals surface area contributed by atoms with E-state index in [0.717, 1.165) is 28.1 Å². The lowest BCUT2D eigenvalue weighted by atomic mass is 9.96. The molecule has 0 saturated carbocycles. The van der Waals surface area contributed by atoms with Crippen LogP contribution in [0.15, 0.2) is 48.6 Å². The van der Waals surface area contributed by atoms with Gasteiger partial charge in [0, 0.05) is 12.2 Å². The van der Waals surface area contributed by atoms with Gasteiger partial charge in [-0.25, -0.2) is 9.37 Å². The summed E-state index contributed by atoms with van der Waals surface area (Å²) in [5.41, 5.74) is 10.3. The predicted octanol–water partition coefficient (Wildman–Crippen LogP) is 9.36. The highest BCUT2D eigenvalue weighted by Gasteiger charge is 2.19. The Kier molecular flexibility index (Phi) is 10.8. The molecule has 0 amide bonds. The highest BCUT2D eigenvalue weighted by Crippen LogP contribution is 2.31. The Morgan fingerprint density at radius 1 is 0.919 bits per heavy atom. The first-order valence-corrected chi connectivity index (χ1v) is 13.6. The summed E-state index contributed by atoms with van der Waals surface area (Å²) in [4.78, 5) is 7.60. The molecule has 0 saturated heterocycles. The summed E-state index contributed by atoms with van der Waals surface area (Å²) in [6, 6.07) is 12.0. The normalized spacial score (nSPS) is 12.1. The number of halogens is 1. The van der Waals surface area contributed by atoms with Crippen molar-refractivity contribution in [3.8, 4) is 6.07 Å². The Labute approximate surface area is 227 Å². The van der Waals surface area contributed by atoms with Gasteiger partial charge >= 0.3 is 0 Å². The van der Waals surface area contributed by atoms with Gasteiger partial charge in [-0.05, 0) is 98.5 Å². The van der Waals surface area contributed by atoms with Gasteiger partial charge in [0.15, 0.2) is 0 Å². The summed E-state index contributed by atoms with van der Waals surface area (Å²) < 4.78 is 13.1. The number of aryl methyl sites for hydroxylation is 3. The first kappa shape index (κ1) is 30.0. The molecule has 0 atom stereocenters. The standard InChI is InChI=1S/C11H15F.C11H13N.C10H12N2S/c1-7(2)10-6-11(12)9(4)5-8(10)3;1-8(2)11-5-4-10(7-12)6-9(11)3;1-7(2)12-5-4-9-10(8(12)3)13-6-11-9/h5-7H,1-4H3;4-6,8H,1-3H3;4-7H,3H2,1-2H3. The van der Waals surface area contributed by atoms with Crippen molar-refractivity contribution in [2.75, 3.05) is 0 Å². The van der Waals surface area contributed by atoms with Gasteiger partial charge in [-0.15, -0.1) is 11.3 Å². The van der Waals surface area contributed by atoms with Crippen LogP contribution in [-0.4, -0.2) is 15.9 Å². The van der Waals surface area contributed by atoms with E-state index in [1.54, 1.807) is 24.3 Å². The molecule has 0 bridgehead atoms. The third-order valence-corrected chi connectivity index (χ3v) is 7.20. The summed E-state index contributed by atoms with van der Waals surface area (Å²) in [5, 5.41) is 8.64. The number of fused-ring (bicyclic) bond motifs is 1. The van der Waals surface area contributed by atoms with Gasteiger partial charge in [0.1, 0.15) is 5.82 Å². The molecule has 0 fully saturated rings. The van der Waals surface area contributed by atoms with Crippen molar-refractivity contribution in [1.82, 2.24) is 9.88 Å². The minimum atomic E-state index is -0.0932. The zero-order valence-corrected chi connectivity index (χ0v) is 24.5. The maximum Gasteiger partial charge on any atom is 0.126 e. The van der Waals surface area contributed by atoms with E-state index in [1.165, 1.54) is 21.6 Å². The molecule has 3 aromatic rings. The fourth-order valence-corrected chi connectivity index (χ4v) is 5.04. The van der Waals surface area contributed by atoms with E-state index >= 15 is 0 Å². The van der Waals surface area contributed by atoms with Crippen molar-refractivity contribution in [2.24, 2.45) is 0 Å². The lowest BCUT2D eigenvalue weighted by molar-refractivity contribution is 0.439. The lowest BCUT2D eigenvalue weighted by Gasteiger charge is -2.28. The van der Waals surface area contributed by atoms with E-state index in [-0.39, 0.29) is 5.82 Å². The highest BCUT2D eigenvalue weighted by atomic mass is 32.1. The number of rotatable bonds is 3. The number of hydrogen-bond acceptors (Lipinski definition) is 4. The second-order valence-corrected chi connectivity index (χ2v) is 11.1. The fourth-order valence-electron chi connectivity index (χ4n) is 4.29. The Morgan fingerprint density at radius 2 is 1.54 bits per heavy atom. The van der Waals surface area contributed by atoms with Crippen LogP contribution in [0.1, 0.15) is 97.3 Å². The molecule has 37 heavy (non-hydrogen) atoms. The van der Waals surface area contributed by atoms with Gasteiger partial charge < -0.3 is 4.90 Å². The summed E-state index contributed by atoms with van der Waals surface area (Å²) >= 11 is 1.65. The van der Waals surface area contributed by atoms with E-state index in [9.17, 15) is 4.39 Å². The largest absolute Gasteiger partial charge is 0.345 e. The molecule has 0 radical (unpaired) electrons. The van der Waals surface area contributed by atoms with Crippen LogP contribution in [0, 0.1) is 37.9 Å². The Balaban J connectivity index is 0.000000195. The van der Waals surface area contributed by atoms with E-state index in [2.05, 4.69) is 77.2 Å². The first-order valence-electron chi connectivity index (χ1n) is 12.7. The zero-order chi connectivity index (χ0) is 27.9. The van der Waals surface area contributed by atoms with Crippen molar-refractivity contribution < 1.29 is 4.39 Å². The number of aromatic nitrogens is 1. The summed E-state index contributed by atoms with van der Waals surface area (Å²) in [6.07, 6.45) is 4.09. The summed E-state index contributed by atoms with van der Waals surface area (Å²) in [6.45, 7) is 22.7.